The zero-order chi connectivity index (χ0) is 42.4. The number of benzene rings is 11. The van der Waals surface area contributed by atoms with Crippen molar-refractivity contribution in [2.45, 2.75) is 0 Å². The van der Waals surface area contributed by atoms with Crippen molar-refractivity contribution in [2.24, 2.45) is 0 Å². The third-order valence-corrected chi connectivity index (χ3v) is 12.8. The highest BCUT2D eigenvalue weighted by Crippen LogP contribution is 2.48. The number of fused-ring (bicyclic) bond motifs is 6. The fourth-order valence-electron chi connectivity index (χ4n) is 9.86. The molecule has 0 saturated carbocycles. The van der Waals surface area contributed by atoms with Crippen LogP contribution in [0.5, 0.6) is 0 Å². The van der Waals surface area contributed by atoms with E-state index in [9.17, 15) is 0 Å². The van der Waals surface area contributed by atoms with Gasteiger partial charge in [0.15, 0.2) is 0 Å². The van der Waals surface area contributed by atoms with Crippen LogP contribution in [0.3, 0.4) is 0 Å². The lowest BCUT2D eigenvalue weighted by Gasteiger charge is -2.31. The first-order valence-electron chi connectivity index (χ1n) is 22.0. The minimum absolute atomic E-state index is 1.07. The standard InChI is InChI=1S/C62H42N2/c1-3-19-43(20-4-1)46-37-40-62(57(41-46)44-21-5-2-6-22-44)63(48-38-35-45(36-39-48)56-42-47-23-7-8-24-49(47)50-25-9-10-26-51(50)56)58-31-15-11-27-52(58)53-28-12-16-32-59(53)64-60-33-17-13-29-54(60)55-30-14-18-34-61(55)64/h1-42H. The Morgan fingerprint density at radius 2 is 0.766 bits per heavy atom. The number of para-hydroxylation sites is 4. The van der Waals surface area contributed by atoms with E-state index in [-0.39, 0.29) is 0 Å². The zero-order valence-corrected chi connectivity index (χ0v) is 35.1. The minimum atomic E-state index is 1.07. The molecule has 0 amide bonds. The van der Waals surface area contributed by atoms with Crippen molar-refractivity contribution < 1.29 is 0 Å². The van der Waals surface area contributed by atoms with Gasteiger partial charge in [-0.2, -0.15) is 0 Å². The number of aromatic nitrogens is 1. The second-order valence-corrected chi connectivity index (χ2v) is 16.4. The summed E-state index contributed by atoms with van der Waals surface area (Å²) in [4.78, 5) is 2.47. The molecule has 0 saturated heterocycles. The van der Waals surface area contributed by atoms with Gasteiger partial charge in [-0.15, -0.1) is 0 Å². The van der Waals surface area contributed by atoms with Gasteiger partial charge >= 0.3 is 0 Å². The zero-order valence-electron chi connectivity index (χ0n) is 35.1. The van der Waals surface area contributed by atoms with E-state index >= 15 is 0 Å². The highest BCUT2D eigenvalue weighted by Gasteiger charge is 2.24. The van der Waals surface area contributed by atoms with Gasteiger partial charge in [0.05, 0.1) is 28.1 Å². The van der Waals surface area contributed by atoms with Crippen molar-refractivity contribution in [1.29, 1.82) is 0 Å². The normalized spacial score (nSPS) is 11.4. The van der Waals surface area contributed by atoms with E-state index < -0.39 is 0 Å². The molecule has 0 radical (unpaired) electrons. The molecule has 0 fully saturated rings. The summed E-state index contributed by atoms with van der Waals surface area (Å²) < 4.78 is 2.44. The Bertz CT molecular complexity index is 3610. The van der Waals surface area contributed by atoms with Crippen LogP contribution in [0.1, 0.15) is 0 Å². The molecule has 0 aliphatic heterocycles. The van der Waals surface area contributed by atoms with Crippen molar-refractivity contribution in [2.75, 3.05) is 4.90 Å². The number of nitrogens with zero attached hydrogens (tertiary/aromatic N) is 2. The summed E-state index contributed by atoms with van der Waals surface area (Å²) in [7, 11) is 0. The molecule has 12 rings (SSSR count). The summed E-state index contributed by atoms with van der Waals surface area (Å²) >= 11 is 0. The van der Waals surface area contributed by atoms with E-state index in [2.05, 4.69) is 264 Å². The second-order valence-electron chi connectivity index (χ2n) is 16.4. The first-order valence-corrected chi connectivity index (χ1v) is 22.0. The Balaban J connectivity index is 1.10. The van der Waals surface area contributed by atoms with Gasteiger partial charge in [0, 0.05) is 33.2 Å². The topological polar surface area (TPSA) is 8.17 Å². The summed E-state index contributed by atoms with van der Waals surface area (Å²) in [6.45, 7) is 0. The van der Waals surface area contributed by atoms with Crippen molar-refractivity contribution >= 4 is 60.4 Å². The molecule has 1 heterocycles. The molecule has 12 aromatic rings. The highest BCUT2D eigenvalue weighted by atomic mass is 15.1. The van der Waals surface area contributed by atoms with Crippen LogP contribution in [0.4, 0.5) is 17.1 Å². The molecule has 64 heavy (non-hydrogen) atoms. The molecule has 2 heteroatoms. The summed E-state index contributed by atoms with van der Waals surface area (Å²) in [5, 5.41) is 7.52. The van der Waals surface area contributed by atoms with Crippen molar-refractivity contribution in [1.82, 2.24) is 4.57 Å². The lowest BCUT2D eigenvalue weighted by molar-refractivity contribution is 1.18. The first kappa shape index (κ1) is 37.3. The Labute approximate surface area is 373 Å². The van der Waals surface area contributed by atoms with Crippen LogP contribution in [-0.4, -0.2) is 4.57 Å². The Kier molecular flexibility index (Phi) is 9.20. The smallest absolute Gasteiger partial charge is 0.0541 e. The van der Waals surface area contributed by atoms with E-state index in [1.54, 1.807) is 0 Å². The maximum Gasteiger partial charge on any atom is 0.0541 e. The van der Waals surface area contributed by atoms with E-state index in [1.807, 2.05) is 0 Å². The van der Waals surface area contributed by atoms with Crippen LogP contribution in [0.25, 0.3) is 93.5 Å². The van der Waals surface area contributed by atoms with E-state index in [0.717, 1.165) is 45.0 Å². The van der Waals surface area contributed by atoms with Gasteiger partial charge in [-0.05, 0) is 104 Å². The molecule has 0 atom stereocenters. The third-order valence-electron chi connectivity index (χ3n) is 12.8. The van der Waals surface area contributed by atoms with Gasteiger partial charge in [0.1, 0.15) is 0 Å². The van der Waals surface area contributed by atoms with E-state index in [1.165, 1.54) is 65.6 Å². The average Bonchev–Trinajstić information content (AvgIpc) is 3.71. The van der Waals surface area contributed by atoms with Gasteiger partial charge in [-0.25, -0.2) is 0 Å². The maximum atomic E-state index is 2.47. The van der Waals surface area contributed by atoms with Gasteiger partial charge in [0.2, 0.25) is 0 Å². The summed E-state index contributed by atoms with van der Waals surface area (Å²) in [6.07, 6.45) is 0. The van der Waals surface area contributed by atoms with Crippen LogP contribution >= 0.6 is 0 Å². The predicted octanol–water partition coefficient (Wildman–Crippen LogP) is 17.2. The van der Waals surface area contributed by atoms with Crippen LogP contribution < -0.4 is 4.90 Å². The number of anilines is 3. The minimum Gasteiger partial charge on any atom is -0.309 e. The Morgan fingerprint density at radius 3 is 1.48 bits per heavy atom. The average molecular weight is 815 g/mol. The fraction of sp³-hybridized carbons (Fsp3) is 0. The van der Waals surface area contributed by atoms with Crippen LogP contribution in [0, 0.1) is 0 Å². The molecule has 2 nitrogen and oxygen atoms in total. The monoisotopic (exact) mass is 814 g/mol. The van der Waals surface area contributed by atoms with Gasteiger partial charge in [0.25, 0.3) is 0 Å². The van der Waals surface area contributed by atoms with Gasteiger partial charge < -0.3 is 9.47 Å². The first-order chi connectivity index (χ1) is 31.8. The van der Waals surface area contributed by atoms with Gasteiger partial charge in [-0.3, -0.25) is 0 Å². The molecule has 0 N–H and O–H groups in total. The largest absolute Gasteiger partial charge is 0.309 e. The molecule has 0 aliphatic rings. The molecule has 11 aromatic carbocycles. The molecule has 0 bridgehead atoms. The summed E-state index contributed by atoms with van der Waals surface area (Å²) in [5.41, 5.74) is 16.1. The highest BCUT2D eigenvalue weighted by molar-refractivity contribution is 6.14. The summed E-state index contributed by atoms with van der Waals surface area (Å²) in [6, 6.07) is 92.8. The van der Waals surface area contributed by atoms with Crippen LogP contribution in [0.2, 0.25) is 0 Å². The molecular formula is C62H42N2. The third kappa shape index (κ3) is 6.35. The van der Waals surface area contributed by atoms with Crippen molar-refractivity contribution in [3.05, 3.63) is 255 Å². The van der Waals surface area contributed by atoms with Crippen molar-refractivity contribution in [3.8, 4) is 50.2 Å². The number of rotatable bonds is 8. The van der Waals surface area contributed by atoms with E-state index in [4.69, 9.17) is 0 Å². The number of hydrogen-bond acceptors (Lipinski definition) is 1. The lowest BCUT2D eigenvalue weighted by Crippen LogP contribution is -2.13. The second kappa shape index (κ2) is 15.8. The Morgan fingerprint density at radius 1 is 0.266 bits per heavy atom. The molecule has 0 spiro atoms. The van der Waals surface area contributed by atoms with Crippen molar-refractivity contribution in [3.63, 3.8) is 0 Å². The SMILES string of the molecule is c1ccc(-c2ccc(N(c3ccc(-c4cc5ccccc5c5ccccc45)cc3)c3ccccc3-c3ccccc3-n3c4ccccc4c4ccccc43)c(-c3ccccc3)c2)cc1. The van der Waals surface area contributed by atoms with Crippen LogP contribution in [0.15, 0.2) is 255 Å². The van der Waals surface area contributed by atoms with Crippen LogP contribution in [-0.2, 0) is 0 Å². The Hall–Kier alpha value is -8.46. The molecule has 300 valence electrons. The van der Waals surface area contributed by atoms with Gasteiger partial charge in [-0.1, -0.05) is 200 Å². The number of hydrogen-bond donors (Lipinski definition) is 0. The lowest BCUT2D eigenvalue weighted by atomic mass is 9.93. The fourth-order valence-corrected chi connectivity index (χ4v) is 9.86. The maximum absolute atomic E-state index is 2.47. The van der Waals surface area contributed by atoms with E-state index in [0.29, 0.717) is 0 Å². The summed E-state index contributed by atoms with van der Waals surface area (Å²) in [5.74, 6) is 0. The quantitative estimate of drug-likeness (QED) is 0.139. The molecular weight excluding hydrogens is 773 g/mol. The molecule has 1 aromatic heterocycles. The molecule has 0 aliphatic carbocycles. The predicted molar refractivity (Wildman–Crippen MR) is 272 cm³/mol. The molecule has 0 unspecified atom stereocenters.